The van der Waals surface area contributed by atoms with Crippen molar-refractivity contribution in [2.24, 2.45) is 5.92 Å². The Labute approximate surface area is 104 Å². The zero-order valence-corrected chi connectivity index (χ0v) is 10.8. The molecular formula is C14H22N2O. The predicted molar refractivity (Wildman–Crippen MR) is 69.4 cm³/mol. The molecule has 17 heavy (non-hydrogen) atoms. The summed E-state index contributed by atoms with van der Waals surface area (Å²) in [7, 11) is 1.70. The maximum atomic E-state index is 5.25. The monoisotopic (exact) mass is 234 g/mol. The van der Waals surface area contributed by atoms with E-state index in [9.17, 15) is 0 Å². The topological polar surface area (TPSA) is 34.2 Å². The average Bonchev–Trinajstić information content (AvgIpc) is 2.84. The zero-order chi connectivity index (χ0) is 12.1. The number of nitrogens with one attached hydrogen (secondary N) is 1. The van der Waals surface area contributed by atoms with Gasteiger partial charge in [-0.3, -0.25) is 4.98 Å². The van der Waals surface area contributed by atoms with Crippen LogP contribution in [0.15, 0.2) is 18.5 Å². The van der Waals surface area contributed by atoms with Gasteiger partial charge in [-0.2, -0.15) is 0 Å². The molecule has 3 nitrogen and oxygen atoms in total. The second-order valence-electron chi connectivity index (χ2n) is 4.76. The van der Waals surface area contributed by atoms with Crippen molar-refractivity contribution in [3.8, 4) is 5.75 Å². The molecule has 1 saturated carbocycles. The Hall–Kier alpha value is -1.09. The van der Waals surface area contributed by atoms with Gasteiger partial charge < -0.3 is 10.1 Å². The molecule has 0 amide bonds. The van der Waals surface area contributed by atoms with Crippen LogP contribution >= 0.6 is 0 Å². The van der Waals surface area contributed by atoms with Crippen LogP contribution in [0.25, 0.3) is 0 Å². The molecule has 0 bridgehead atoms. The highest BCUT2D eigenvalue weighted by Crippen LogP contribution is 2.39. The highest BCUT2D eigenvalue weighted by Gasteiger charge is 2.28. The molecule has 1 heterocycles. The molecule has 1 aliphatic rings. The molecule has 1 N–H and O–H groups in total. The van der Waals surface area contributed by atoms with E-state index in [1.54, 1.807) is 13.3 Å². The number of aromatic nitrogens is 1. The fourth-order valence-electron chi connectivity index (χ4n) is 2.80. The van der Waals surface area contributed by atoms with Crippen LogP contribution in [0.3, 0.4) is 0 Å². The lowest BCUT2D eigenvalue weighted by atomic mass is 9.90. The van der Waals surface area contributed by atoms with E-state index in [0.717, 1.165) is 24.8 Å². The van der Waals surface area contributed by atoms with E-state index in [2.05, 4.69) is 23.3 Å². The maximum Gasteiger partial charge on any atom is 0.137 e. The van der Waals surface area contributed by atoms with Crippen molar-refractivity contribution in [1.29, 1.82) is 0 Å². The summed E-state index contributed by atoms with van der Waals surface area (Å²) in [6.07, 6.45) is 7.72. The molecule has 3 heteroatoms. The molecule has 0 radical (unpaired) electrons. The molecule has 0 spiro atoms. The van der Waals surface area contributed by atoms with Crippen LogP contribution in [-0.4, -0.2) is 25.2 Å². The molecule has 1 fully saturated rings. The van der Waals surface area contributed by atoms with Gasteiger partial charge >= 0.3 is 0 Å². The normalized spacial score (nSPS) is 23.9. The third-order valence-corrected chi connectivity index (χ3v) is 3.71. The molecule has 0 saturated heterocycles. The van der Waals surface area contributed by atoms with Crippen LogP contribution in [0.5, 0.6) is 5.75 Å². The molecule has 2 rings (SSSR count). The van der Waals surface area contributed by atoms with Crippen LogP contribution in [0.2, 0.25) is 0 Å². The van der Waals surface area contributed by atoms with Gasteiger partial charge in [-0.05, 0) is 49.4 Å². The van der Waals surface area contributed by atoms with Crippen molar-refractivity contribution in [3.63, 3.8) is 0 Å². The summed E-state index contributed by atoms with van der Waals surface area (Å²) < 4.78 is 5.25. The number of hydrogen-bond donors (Lipinski definition) is 1. The van der Waals surface area contributed by atoms with Crippen molar-refractivity contribution < 1.29 is 4.74 Å². The third-order valence-electron chi connectivity index (χ3n) is 3.71. The molecule has 94 valence electrons. The van der Waals surface area contributed by atoms with Gasteiger partial charge in [-0.25, -0.2) is 0 Å². The van der Waals surface area contributed by atoms with Crippen molar-refractivity contribution >= 4 is 0 Å². The number of rotatable bonds is 5. The molecule has 2 atom stereocenters. The molecule has 0 aliphatic heterocycles. The van der Waals surface area contributed by atoms with E-state index < -0.39 is 0 Å². The number of hydrogen-bond acceptors (Lipinski definition) is 3. The second kappa shape index (κ2) is 6.01. The van der Waals surface area contributed by atoms with Gasteiger partial charge in [-0.15, -0.1) is 0 Å². The Morgan fingerprint density at radius 2 is 2.29 bits per heavy atom. The standard InChI is InChI=1S/C14H22N2O/c1-3-15-8-11-5-4-6-14(11)12-7-13(17-2)10-16-9-12/h7,9-11,14-15H,3-6,8H2,1-2H3. The highest BCUT2D eigenvalue weighted by atomic mass is 16.5. The van der Waals surface area contributed by atoms with E-state index in [0.29, 0.717) is 5.92 Å². The Bertz CT molecular complexity index is 354. The Balaban J connectivity index is 2.08. The summed E-state index contributed by atoms with van der Waals surface area (Å²) in [5.41, 5.74) is 1.34. The quantitative estimate of drug-likeness (QED) is 0.850. The lowest BCUT2D eigenvalue weighted by Crippen LogP contribution is -2.24. The number of nitrogens with zero attached hydrogens (tertiary/aromatic N) is 1. The maximum absolute atomic E-state index is 5.25. The minimum Gasteiger partial charge on any atom is -0.495 e. The zero-order valence-electron chi connectivity index (χ0n) is 10.8. The first kappa shape index (κ1) is 12.4. The largest absolute Gasteiger partial charge is 0.495 e. The Morgan fingerprint density at radius 1 is 1.41 bits per heavy atom. The Kier molecular flexibility index (Phi) is 4.37. The van der Waals surface area contributed by atoms with Crippen molar-refractivity contribution in [3.05, 3.63) is 24.0 Å². The van der Waals surface area contributed by atoms with Crippen LogP contribution in [0.1, 0.15) is 37.7 Å². The molecule has 1 aromatic heterocycles. The van der Waals surface area contributed by atoms with Crippen LogP contribution in [0.4, 0.5) is 0 Å². The summed E-state index contributed by atoms with van der Waals surface area (Å²) in [5, 5.41) is 3.47. The fourth-order valence-corrected chi connectivity index (χ4v) is 2.80. The summed E-state index contributed by atoms with van der Waals surface area (Å²) in [4.78, 5) is 4.27. The van der Waals surface area contributed by atoms with Crippen molar-refractivity contribution in [2.75, 3.05) is 20.2 Å². The van der Waals surface area contributed by atoms with E-state index in [1.165, 1.54) is 24.8 Å². The fraction of sp³-hybridized carbons (Fsp3) is 0.643. The molecule has 2 unspecified atom stereocenters. The number of methoxy groups -OCH3 is 1. The summed E-state index contributed by atoms with van der Waals surface area (Å²) in [5.74, 6) is 2.28. The van der Waals surface area contributed by atoms with Crippen molar-refractivity contribution in [2.45, 2.75) is 32.1 Å². The minimum atomic E-state index is 0.650. The third kappa shape index (κ3) is 2.97. The van der Waals surface area contributed by atoms with E-state index in [1.807, 2.05) is 6.20 Å². The van der Waals surface area contributed by atoms with E-state index in [-0.39, 0.29) is 0 Å². The summed E-state index contributed by atoms with van der Waals surface area (Å²) in [6.45, 7) is 4.34. The molecule has 0 aromatic carbocycles. The SMILES string of the molecule is CCNCC1CCCC1c1cncc(OC)c1. The first-order chi connectivity index (χ1) is 8.35. The lowest BCUT2D eigenvalue weighted by Gasteiger charge is -2.20. The molecule has 1 aliphatic carbocycles. The first-order valence-electron chi connectivity index (χ1n) is 6.54. The summed E-state index contributed by atoms with van der Waals surface area (Å²) in [6, 6.07) is 2.14. The van der Waals surface area contributed by atoms with Gasteiger partial charge in [0.25, 0.3) is 0 Å². The van der Waals surface area contributed by atoms with Gasteiger partial charge in [0, 0.05) is 6.20 Å². The first-order valence-corrected chi connectivity index (χ1v) is 6.54. The van der Waals surface area contributed by atoms with Crippen LogP contribution in [0, 0.1) is 5.92 Å². The minimum absolute atomic E-state index is 0.650. The number of pyridine rings is 1. The van der Waals surface area contributed by atoms with Gasteiger partial charge in [0.2, 0.25) is 0 Å². The van der Waals surface area contributed by atoms with Crippen molar-refractivity contribution in [1.82, 2.24) is 10.3 Å². The smallest absolute Gasteiger partial charge is 0.137 e. The summed E-state index contributed by atoms with van der Waals surface area (Å²) >= 11 is 0. The van der Waals surface area contributed by atoms with Gasteiger partial charge in [0.1, 0.15) is 5.75 Å². The molecular weight excluding hydrogens is 212 g/mol. The molecule has 1 aromatic rings. The van der Waals surface area contributed by atoms with Crippen LogP contribution in [-0.2, 0) is 0 Å². The second-order valence-corrected chi connectivity index (χ2v) is 4.76. The average molecular weight is 234 g/mol. The predicted octanol–water partition coefficient (Wildman–Crippen LogP) is 2.58. The number of ether oxygens (including phenoxy) is 1. The van der Waals surface area contributed by atoms with Gasteiger partial charge in [0.05, 0.1) is 13.3 Å². The lowest BCUT2D eigenvalue weighted by molar-refractivity contribution is 0.408. The van der Waals surface area contributed by atoms with Gasteiger partial charge in [0.15, 0.2) is 0 Å². The van der Waals surface area contributed by atoms with E-state index >= 15 is 0 Å². The Morgan fingerprint density at radius 3 is 3.06 bits per heavy atom. The van der Waals surface area contributed by atoms with E-state index in [4.69, 9.17) is 4.74 Å². The van der Waals surface area contributed by atoms with Gasteiger partial charge in [-0.1, -0.05) is 13.3 Å². The highest BCUT2D eigenvalue weighted by molar-refractivity contribution is 5.27. The van der Waals surface area contributed by atoms with Crippen LogP contribution < -0.4 is 10.1 Å².